The number of fused-ring (bicyclic) bond motifs is 3. The van der Waals surface area contributed by atoms with Crippen LogP contribution in [0.3, 0.4) is 0 Å². The number of aromatic nitrogens is 2. The highest BCUT2D eigenvalue weighted by Crippen LogP contribution is 2.49. The molecule has 6 heterocycles. The molecule has 0 unspecified atom stereocenters. The second kappa shape index (κ2) is 6.49. The molecule has 2 aromatic rings. The summed E-state index contributed by atoms with van der Waals surface area (Å²) >= 11 is 0. The molecule has 4 fully saturated rings. The first-order valence-electron chi connectivity index (χ1n) is 10.6. The van der Waals surface area contributed by atoms with E-state index in [2.05, 4.69) is 44.4 Å². The van der Waals surface area contributed by atoms with Crippen LogP contribution in [0.15, 0.2) is 24.3 Å². The SMILES string of the molecule is CNc1nc(C)cc(N2C[C@H](c3ccc4c(c3)OCO4)[C@H]3[C@@H]2C2CCN3CC2)n1. The fourth-order valence-corrected chi connectivity index (χ4v) is 5.93. The number of rotatable bonds is 3. The van der Waals surface area contributed by atoms with E-state index >= 15 is 0 Å². The van der Waals surface area contributed by atoms with Crippen LogP contribution < -0.4 is 19.7 Å². The van der Waals surface area contributed by atoms with Gasteiger partial charge in [-0.05, 0) is 56.5 Å². The molecule has 7 nitrogen and oxygen atoms in total. The number of hydrogen-bond donors (Lipinski definition) is 1. The topological polar surface area (TPSA) is 62.8 Å². The van der Waals surface area contributed by atoms with Crippen molar-refractivity contribution in [1.82, 2.24) is 14.9 Å². The van der Waals surface area contributed by atoms with E-state index in [1.165, 1.54) is 31.5 Å². The van der Waals surface area contributed by atoms with Crippen LogP contribution >= 0.6 is 0 Å². The zero-order chi connectivity index (χ0) is 19.5. The number of piperidine rings is 3. The summed E-state index contributed by atoms with van der Waals surface area (Å²) in [6.07, 6.45) is 2.57. The van der Waals surface area contributed by atoms with E-state index in [-0.39, 0.29) is 0 Å². The Morgan fingerprint density at radius 3 is 2.69 bits per heavy atom. The Hall–Kier alpha value is -2.54. The van der Waals surface area contributed by atoms with Gasteiger partial charge in [0.1, 0.15) is 5.82 Å². The molecule has 3 atom stereocenters. The molecule has 1 N–H and O–H groups in total. The summed E-state index contributed by atoms with van der Waals surface area (Å²) in [5.74, 6) is 4.65. The van der Waals surface area contributed by atoms with Gasteiger partial charge >= 0.3 is 0 Å². The predicted octanol–water partition coefficient (Wildman–Crippen LogP) is 2.62. The summed E-state index contributed by atoms with van der Waals surface area (Å²) in [6, 6.07) is 9.66. The highest BCUT2D eigenvalue weighted by Gasteiger charge is 2.53. The number of nitrogens with zero attached hydrogens (tertiary/aromatic N) is 4. The number of ether oxygens (including phenoxy) is 2. The Morgan fingerprint density at radius 2 is 1.86 bits per heavy atom. The van der Waals surface area contributed by atoms with E-state index in [1.807, 2.05) is 14.0 Å². The van der Waals surface area contributed by atoms with Crippen molar-refractivity contribution < 1.29 is 9.47 Å². The standard InChI is InChI=1S/C22H27N5O2/c1-13-9-19(25-22(23-2)24-13)27-11-16(15-3-4-17-18(10-15)29-12-28-17)21-20(27)14-5-7-26(21)8-6-14/h3-4,9-10,14,16,20-21H,5-8,11-12H2,1-2H3,(H,23,24,25)/t16-,20+,21+/m1/s1. The Bertz CT molecular complexity index is 943. The highest BCUT2D eigenvalue weighted by atomic mass is 16.7. The first-order chi connectivity index (χ1) is 14.2. The fraction of sp³-hybridized carbons (Fsp3) is 0.545. The Kier molecular flexibility index (Phi) is 3.88. The lowest BCUT2D eigenvalue weighted by Gasteiger charge is -2.51. The van der Waals surface area contributed by atoms with Crippen LogP contribution in [0, 0.1) is 12.8 Å². The number of aryl methyl sites for hydroxylation is 1. The minimum atomic E-state index is 0.322. The van der Waals surface area contributed by atoms with Gasteiger partial charge in [-0.15, -0.1) is 0 Å². The first kappa shape index (κ1) is 17.3. The van der Waals surface area contributed by atoms with Crippen LogP contribution in [0.1, 0.15) is 30.0 Å². The van der Waals surface area contributed by atoms with Gasteiger partial charge in [-0.25, -0.2) is 4.98 Å². The van der Waals surface area contributed by atoms with E-state index in [0.29, 0.717) is 30.7 Å². The van der Waals surface area contributed by atoms with Crippen molar-refractivity contribution in [1.29, 1.82) is 0 Å². The van der Waals surface area contributed by atoms with Gasteiger partial charge in [0.15, 0.2) is 11.5 Å². The molecule has 0 amide bonds. The van der Waals surface area contributed by atoms with Crippen LogP contribution in [-0.4, -0.2) is 60.4 Å². The van der Waals surface area contributed by atoms with E-state index < -0.39 is 0 Å². The van der Waals surface area contributed by atoms with Crippen molar-refractivity contribution in [3.63, 3.8) is 0 Å². The van der Waals surface area contributed by atoms with Gasteiger partial charge < -0.3 is 19.7 Å². The zero-order valence-corrected chi connectivity index (χ0v) is 17.0. The molecule has 7 rings (SSSR count). The Balaban J connectivity index is 1.42. The Labute approximate surface area is 171 Å². The normalized spacial score (nSPS) is 31.8. The van der Waals surface area contributed by atoms with E-state index in [4.69, 9.17) is 14.5 Å². The summed E-state index contributed by atoms with van der Waals surface area (Å²) < 4.78 is 11.2. The molecule has 5 aliphatic heterocycles. The minimum Gasteiger partial charge on any atom is -0.454 e. The largest absolute Gasteiger partial charge is 0.454 e. The number of benzene rings is 1. The molecule has 29 heavy (non-hydrogen) atoms. The van der Waals surface area contributed by atoms with Gasteiger partial charge in [-0.3, -0.25) is 4.90 Å². The van der Waals surface area contributed by atoms with Gasteiger partial charge in [0.2, 0.25) is 12.7 Å². The molecule has 7 heteroatoms. The molecule has 0 saturated carbocycles. The van der Waals surface area contributed by atoms with Crippen molar-refractivity contribution in [3.05, 3.63) is 35.5 Å². The zero-order valence-electron chi connectivity index (χ0n) is 17.0. The van der Waals surface area contributed by atoms with Gasteiger partial charge in [0, 0.05) is 43.4 Å². The smallest absolute Gasteiger partial charge is 0.231 e. The van der Waals surface area contributed by atoms with Crippen LogP contribution in [0.2, 0.25) is 0 Å². The average Bonchev–Trinajstić information content (AvgIpc) is 3.39. The lowest BCUT2D eigenvalue weighted by Crippen LogP contribution is -2.60. The van der Waals surface area contributed by atoms with Gasteiger partial charge in [-0.2, -0.15) is 4.98 Å². The molecule has 2 bridgehead atoms. The lowest BCUT2D eigenvalue weighted by molar-refractivity contribution is 0.0354. The molecule has 5 aliphatic rings. The van der Waals surface area contributed by atoms with E-state index in [1.54, 1.807) is 0 Å². The number of hydrogen-bond acceptors (Lipinski definition) is 7. The van der Waals surface area contributed by atoms with Crippen molar-refractivity contribution in [2.75, 3.05) is 43.7 Å². The molecule has 152 valence electrons. The summed E-state index contributed by atoms with van der Waals surface area (Å²) in [7, 11) is 1.88. The van der Waals surface area contributed by atoms with Crippen molar-refractivity contribution in [2.24, 2.45) is 5.92 Å². The van der Waals surface area contributed by atoms with E-state index in [0.717, 1.165) is 35.5 Å². The summed E-state index contributed by atoms with van der Waals surface area (Å²) in [5.41, 5.74) is 2.35. The summed E-state index contributed by atoms with van der Waals surface area (Å²) in [6.45, 7) is 5.77. The first-order valence-corrected chi connectivity index (χ1v) is 10.6. The molecule has 1 aromatic heterocycles. The maximum atomic E-state index is 5.68. The van der Waals surface area contributed by atoms with Crippen LogP contribution in [-0.2, 0) is 0 Å². The molecule has 0 aliphatic carbocycles. The molecular weight excluding hydrogens is 366 g/mol. The monoisotopic (exact) mass is 393 g/mol. The lowest BCUT2D eigenvalue weighted by atomic mass is 9.75. The van der Waals surface area contributed by atoms with Gasteiger partial charge in [-0.1, -0.05) is 6.07 Å². The second-order valence-corrected chi connectivity index (χ2v) is 8.67. The molecule has 1 aromatic carbocycles. The highest BCUT2D eigenvalue weighted by molar-refractivity contribution is 5.52. The number of anilines is 2. The summed E-state index contributed by atoms with van der Waals surface area (Å²) in [5, 5.41) is 3.12. The van der Waals surface area contributed by atoms with Crippen molar-refractivity contribution >= 4 is 11.8 Å². The average molecular weight is 393 g/mol. The van der Waals surface area contributed by atoms with Crippen molar-refractivity contribution in [2.45, 2.75) is 37.8 Å². The quantitative estimate of drug-likeness (QED) is 0.860. The molecule has 0 radical (unpaired) electrons. The van der Waals surface area contributed by atoms with Crippen molar-refractivity contribution in [3.8, 4) is 11.5 Å². The third-order valence-corrected chi connectivity index (χ3v) is 7.18. The third-order valence-electron chi connectivity index (χ3n) is 7.18. The minimum absolute atomic E-state index is 0.322. The maximum Gasteiger partial charge on any atom is 0.231 e. The third kappa shape index (κ3) is 2.67. The molecule has 0 spiro atoms. The van der Waals surface area contributed by atoms with Gasteiger partial charge in [0.25, 0.3) is 0 Å². The van der Waals surface area contributed by atoms with E-state index in [9.17, 15) is 0 Å². The van der Waals surface area contributed by atoms with Gasteiger partial charge in [0.05, 0.1) is 0 Å². The molecular formula is C22H27N5O2. The fourth-order valence-electron chi connectivity index (χ4n) is 5.93. The summed E-state index contributed by atoms with van der Waals surface area (Å²) in [4.78, 5) is 14.6. The predicted molar refractivity (Wildman–Crippen MR) is 111 cm³/mol. The van der Waals surface area contributed by atoms with Crippen LogP contribution in [0.4, 0.5) is 11.8 Å². The second-order valence-electron chi connectivity index (χ2n) is 8.67. The number of nitrogens with one attached hydrogen (secondary N) is 1. The van der Waals surface area contributed by atoms with Crippen LogP contribution in [0.5, 0.6) is 11.5 Å². The molecule has 4 saturated heterocycles. The van der Waals surface area contributed by atoms with Crippen LogP contribution in [0.25, 0.3) is 0 Å². The maximum absolute atomic E-state index is 5.68. The Morgan fingerprint density at radius 1 is 1.03 bits per heavy atom.